The lowest BCUT2D eigenvalue weighted by Crippen LogP contribution is -2.57. The molecule has 1 fully saturated rings. The number of rotatable bonds is 2. The minimum atomic E-state index is -0.551. The van der Waals surface area contributed by atoms with Gasteiger partial charge in [0.25, 0.3) is 0 Å². The second-order valence-corrected chi connectivity index (χ2v) is 5.25. The Kier molecular flexibility index (Phi) is 5.46. The molecule has 0 aromatic carbocycles. The van der Waals surface area contributed by atoms with Gasteiger partial charge in [-0.1, -0.05) is 12.5 Å². The number of nitrogens with zero attached hydrogens (tertiary/aromatic N) is 2. The second kappa shape index (κ2) is 7.33. The van der Waals surface area contributed by atoms with E-state index < -0.39 is 12.2 Å². The molecule has 0 spiro atoms. The Morgan fingerprint density at radius 2 is 1.91 bits per heavy atom. The van der Waals surface area contributed by atoms with Gasteiger partial charge in [0.1, 0.15) is 0 Å². The largest absolute Gasteiger partial charge is 0.448 e. The van der Waals surface area contributed by atoms with Crippen LogP contribution in [0, 0.1) is 0 Å². The smallest absolute Gasteiger partial charge is 0.433 e. The van der Waals surface area contributed by atoms with E-state index in [1.165, 1.54) is 15.6 Å². The molecule has 1 aliphatic carbocycles. The summed E-state index contributed by atoms with van der Waals surface area (Å²) in [4.78, 5) is 24.8. The monoisotopic (exact) mass is 308 g/mol. The number of carbonyl (C=O) groups excluding carboxylic acids is 2. The summed E-state index contributed by atoms with van der Waals surface area (Å²) in [5.41, 5.74) is 1.83. The number of carbonyl (C=O) groups is 2. The van der Waals surface area contributed by atoms with Gasteiger partial charge in [-0.05, 0) is 51.7 Å². The fourth-order valence-electron chi connectivity index (χ4n) is 2.96. The van der Waals surface area contributed by atoms with Crippen molar-refractivity contribution in [3.8, 4) is 0 Å². The molecule has 6 heteroatoms. The summed E-state index contributed by atoms with van der Waals surface area (Å²) in [6.45, 7) is 5.86. The fraction of sp³-hybridized carbons (Fsp3) is 0.625. The summed E-state index contributed by atoms with van der Waals surface area (Å²) in [5, 5.41) is 2.73. The highest BCUT2D eigenvalue weighted by Gasteiger charge is 2.41. The van der Waals surface area contributed by atoms with Gasteiger partial charge < -0.3 is 9.47 Å². The van der Waals surface area contributed by atoms with Gasteiger partial charge in [-0.3, -0.25) is 0 Å². The van der Waals surface area contributed by atoms with Gasteiger partial charge in [0.05, 0.1) is 25.0 Å². The highest BCUT2D eigenvalue weighted by atomic mass is 16.6. The van der Waals surface area contributed by atoms with Crippen LogP contribution in [0.2, 0.25) is 0 Å². The van der Waals surface area contributed by atoms with Gasteiger partial charge in [-0.15, -0.1) is 0 Å². The van der Waals surface area contributed by atoms with Crippen molar-refractivity contribution < 1.29 is 19.1 Å². The summed E-state index contributed by atoms with van der Waals surface area (Å²) in [5.74, 6) is 0. The van der Waals surface area contributed by atoms with Crippen molar-refractivity contribution in [2.24, 2.45) is 0 Å². The zero-order chi connectivity index (χ0) is 16.1. The number of fused-ring (bicyclic) bond motifs is 1. The molecule has 0 saturated heterocycles. The highest BCUT2D eigenvalue weighted by Crippen LogP contribution is 2.36. The molecule has 1 saturated carbocycles. The second-order valence-electron chi connectivity index (χ2n) is 5.25. The van der Waals surface area contributed by atoms with E-state index >= 15 is 0 Å². The Morgan fingerprint density at radius 1 is 1.23 bits per heavy atom. The van der Waals surface area contributed by atoms with Crippen molar-refractivity contribution in [3.05, 3.63) is 23.4 Å². The molecular weight excluding hydrogens is 284 g/mol. The normalized spacial score (nSPS) is 23.0. The number of ether oxygens (including phenoxy) is 2. The average molecular weight is 308 g/mol. The zero-order valence-electron chi connectivity index (χ0n) is 13.5. The van der Waals surface area contributed by atoms with Crippen LogP contribution in [-0.4, -0.2) is 41.5 Å². The molecule has 6 nitrogen and oxygen atoms in total. The number of hydrogen-bond acceptors (Lipinski definition) is 4. The van der Waals surface area contributed by atoms with Crippen LogP contribution in [0.4, 0.5) is 9.59 Å². The maximum atomic E-state index is 12.4. The van der Waals surface area contributed by atoms with Crippen molar-refractivity contribution in [3.63, 3.8) is 0 Å². The minimum Gasteiger partial charge on any atom is -0.448 e. The van der Waals surface area contributed by atoms with Crippen LogP contribution in [-0.2, 0) is 9.47 Å². The SMILES string of the molecule is C/C=C1\C=C2CCCCC2N(C(=O)OCC)N1C(=O)OCC. The lowest BCUT2D eigenvalue weighted by molar-refractivity contribution is -0.0246. The molecule has 1 aliphatic heterocycles. The number of amides is 2. The maximum absolute atomic E-state index is 12.4. The van der Waals surface area contributed by atoms with E-state index in [-0.39, 0.29) is 19.3 Å². The molecule has 0 aromatic rings. The molecule has 122 valence electrons. The van der Waals surface area contributed by atoms with E-state index in [0.29, 0.717) is 5.70 Å². The number of hydrazine groups is 1. The molecule has 0 aromatic heterocycles. The third-order valence-electron chi connectivity index (χ3n) is 3.90. The van der Waals surface area contributed by atoms with E-state index in [1.807, 2.05) is 13.0 Å². The molecule has 0 bridgehead atoms. The quantitative estimate of drug-likeness (QED) is 0.782. The Hall–Kier alpha value is -1.98. The van der Waals surface area contributed by atoms with E-state index in [0.717, 1.165) is 25.7 Å². The average Bonchev–Trinajstić information content (AvgIpc) is 2.53. The van der Waals surface area contributed by atoms with Crippen LogP contribution in [0.5, 0.6) is 0 Å². The Balaban J connectivity index is 2.42. The lowest BCUT2D eigenvalue weighted by atomic mass is 9.87. The summed E-state index contributed by atoms with van der Waals surface area (Å²) >= 11 is 0. The molecule has 1 unspecified atom stereocenters. The van der Waals surface area contributed by atoms with Crippen molar-refractivity contribution >= 4 is 12.2 Å². The summed E-state index contributed by atoms with van der Waals surface area (Å²) in [6, 6.07) is -0.124. The van der Waals surface area contributed by atoms with Crippen LogP contribution >= 0.6 is 0 Å². The third-order valence-corrected chi connectivity index (χ3v) is 3.90. The van der Waals surface area contributed by atoms with Crippen LogP contribution in [0.15, 0.2) is 23.4 Å². The lowest BCUT2D eigenvalue weighted by Gasteiger charge is -2.44. The third kappa shape index (κ3) is 3.10. The van der Waals surface area contributed by atoms with E-state index in [4.69, 9.17) is 9.47 Å². The van der Waals surface area contributed by atoms with Gasteiger partial charge in [-0.25, -0.2) is 14.6 Å². The first kappa shape index (κ1) is 16.4. The van der Waals surface area contributed by atoms with Crippen molar-refractivity contribution in [1.82, 2.24) is 10.0 Å². The molecule has 1 atom stereocenters. The van der Waals surface area contributed by atoms with Crippen LogP contribution < -0.4 is 0 Å². The summed E-state index contributed by atoms with van der Waals surface area (Å²) < 4.78 is 10.3. The zero-order valence-corrected chi connectivity index (χ0v) is 13.5. The Morgan fingerprint density at radius 3 is 2.55 bits per heavy atom. The van der Waals surface area contributed by atoms with Crippen LogP contribution in [0.1, 0.15) is 46.5 Å². The predicted octanol–water partition coefficient (Wildman–Crippen LogP) is 3.60. The van der Waals surface area contributed by atoms with Gasteiger partial charge in [0.15, 0.2) is 0 Å². The standard InChI is InChI=1S/C16H24N2O4/c1-4-13-11-12-9-7-8-10-14(12)18(16(20)22-6-3)17(13)15(19)21-5-2/h4,11,14H,5-10H2,1-3H3/b13-4+. The van der Waals surface area contributed by atoms with Crippen molar-refractivity contribution in [2.45, 2.75) is 52.5 Å². The summed E-state index contributed by atoms with van der Waals surface area (Å²) in [6.07, 6.45) is 6.65. The molecular formula is C16H24N2O4. The van der Waals surface area contributed by atoms with Crippen molar-refractivity contribution in [2.75, 3.05) is 13.2 Å². The Labute approximate surface area is 131 Å². The van der Waals surface area contributed by atoms with Crippen molar-refractivity contribution in [1.29, 1.82) is 0 Å². The summed E-state index contributed by atoms with van der Waals surface area (Å²) in [7, 11) is 0. The fourth-order valence-corrected chi connectivity index (χ4v) is 2.96. The molecule has 2 rings (SSSR count). The molecule has 1 heterocycles. The van der Waals surface area contributed by atoms with Gasteiger partial charge in [0.2, 0.25) is 0 Å². The predicted molar refractivity (Wildman–Crippen MR) is 81.8 cm³/mol. The number of hydrogen-bond donors (Lipinski definition) is 0. The van der Waals surface area contributed by atoms with Gasteiger partial charge in [0, 0.05) is 0 Å². The molecule has 2 aliphatic rings. The maximum Gasteiger partial charge on any atom is 0.433 e. The minimum absolute atomic E-state index is 0.124. The van der Waals surface area contributed by atoms with Gasteiger partial charge in [-0.2, -0.15) is 5.01 Å². The number of allylic oxidation sites excluding steroid dienone is 2. The molecule has 0 radical (unpaired) electrons. The van der Waals surface area contributed by atoms with E-state index in [1.54, 1.807) is 19.9 Å². The first-order chi connectivity index (χ1) is 10.6. The first-order valence-electron chi connectivity index (χ1n) is 7.93. The molecule has 22 heavy (non-hydrogen) atoms. The molecule has 0 N–H and O–H groups in total. The van der Waals surface area contributed by atoms with Crippen LogP contribution in [0.25, 0.3) is 0 Å². The van der Waals surface area contributed by atoms with Gasteiger partial charge >= 0.3 is 12.2 Å². The Bertz CT molecular complexity index is 498. The first-order valence-corrected chi connectivity index (χ1v) is 7.93. The van der Waals surface area contributed by atoms with Crippen LogP contribution in [0.3, 0.4) is 0 Å². The van der Waals surface area contributed by atoms with E-state index in [9.17, 15) is 9.59 Å². The highest BCUT2D eigenvalue weighted by molar-refractivity contribution is 5.78. The van der Waals surface area contributed by atoms with E-state index in [2.05, 4.69) is 0 Å². The topological polar surface area (TPSA) is 59.1 Å². The molecule has 2 amide bonds.